The van der Waals surface area contributed by atoms with E-state index in [9.17, 15) is 0 Å². The van der Waals surface area contributed by atoms with Gasteiger partial charge >= 0.3 is 0 Å². The first kappa shape index (κ1) is 9.83. The molecule has 3 aliphatic heterocycles. The highest BCUT2D eigenvalue weighted by atomic mass is 16.7. The van der Waals surface area contributed by atoms with Gasteiger partial charge in [-0.2, -0.15) is 0 Å². The molecular formula is C14H14O3. The summed E-state index contributed by atoms with van der Waals surface area (Å²) in [4.78, 5) is 0. The lowest BCUT2D eigenvalue weighted by Crippen LogP contribution is -2.37. The van der Waals surface area contributed by atoms with Crippen LogP contribution in [0.2, 0.25) is 0 Å². The topological polar surface area (TPSA) is 27.7 Å². The molecule has 3 heterocycles. The van der Waals surface area contributed by atoms with E-state index in [2.05, 4.69) is 37.3 Å². The Morgan fingerprint density at radius 2 is 2.06 bits per heavy atom. The SMILES string of the molecule is Cc1cccc2c1C1C=CC2(C2OCCO2)O1. The molecule has 88 valence electrons. The van der Waals surface area contributed by atoms with E-state index in [1.54, 1.807) is 0 Å². The van der Waals surface area contributed by atoms with Crippen molar-refractivity contribution in [2.75, 3.05) is 13.2 Å². The van der Waals surface area contributed by atoms with E-state index in [-0.39, 0.29) is 12.4 Å². The van der Waals surface area contributed by atoms with E-state index in [1.165, 1.54) is 16.7 Å². The minimum Gasteiger partial charge on any atom is -0.349 e. The van der Waals surface area contributed by atoms with Crippen LogP contribution in [-0.4, -0.2) is 19.5 Å². The molecule has 0 spiro atoms. The van der Waals surface area contributed by atoms with Crippen LogP contribution in [0.1, 0.15) is 22.8 Å². The molecule has 17 heavy (non-hydrogen) atoms. The van der Waals surface area contributed by atoms with E-state index in [0.29, 0.717) is 13.2 Å². The van der Waals surface area contributed by atoms with Crippen LogP contribution in [0.3, 0.4) is 0 Å². The van der Waals surface area contributed by atoms with Crippen molar-refractivity contribution < 1.29 is 14.2 Å². The largest absolute Gasteiger partial charge is 0.349 e. The van der Waals surface area contributed by atoms with Crippen LogP contribution in [0.15, 0.2) is 30.4 Å². The van der Waals surface area contributed by atoms with Gasteiger partial charge in [-0.25, -0.2) is 0 Å². The lowest BCUT2D eigenvalue weighted by Gasteiger charge is -2.29. The van der Waals surface area contributed by atoms with Gasteiger partial charge in [0.2, 0.25) is 0 Å². The van der Waals surface area contributed by atoms with Crippen molar-refractivity contribution >= 4 is 0 Å². The van der Waals surface area contributed by atoms with Gasteiger partial charge in [-0.3, -0.25) is 0 Å². The Morgan fingerprint density at radius 1 is 1.24 bits per heavy atom. The van der Waals surface area contributed by atoms with E-state index in [4.69, 9.17) is 14.2 Å². The van der Waals surface area contributed by atoms with Crippen molar-refractivity contribution in [2.24, 2.45) is 0 Å². The highest BCUT2D eigenvalue weighted by molar-refractivity contribution is 5.51. The van der Waals surface area contributed by atoms with E-state index < -0.39 is 5.60 Å². The maximum atomic E-state index is 6.13. The highest BCUT2D eigenvalue weighted by Gasteiger charge is 2.54. The fourth-order valence-corrected chi connectivity index (χ4v) is 3.09. The maximum Gasteiger partial charge on any atom is 0.194 e. The molecule has 3 nitrogen and oxygen atoms in total. The van der Waals surface area contributed by atoms with Gasteiger partial charge in [-0.05, 0) is 29.7 Å². The average Bonchev–Trinajstić information content (AvgIpc) is 3.05. The number of benzene rings is 1. The van der Waals surface area contributed by atoms with Crippen molar-refractivity contribution in [3.8, 4) is 0 Å². The van der Waals surface area contributed by atoms with Gasteiger partial charge in [0.1, 0.15) is 6.10 Å². The van der Waals surface area contributed by atoms with E-state index in [0.717, 1.165) is 0 Å². The number of hydrogen-bond donors (Lipinski definition) is 0. The van der Waals surface area contributed by atoms with Gasteiger partial charge in [0.15, 0.2) is 11.9 Å². The lowest BCUT2D eigenvalue weighted by molar-refractivity contribution is -0.181. The number of ether oxygens (including phenoxy) is 3. The maximum absolute atomic E-state index is 6.13. The number of fused-ring (bicyclic) bond motifs is 5. The second-order valence-electron chi connectivity index (χ2n) is 4.80. The molecule has 4 rings (SSSR count). The van der Waals surface area contributed by atoms with Gasteiger partial charge in [0.05, 0.1) is 13.2 Å². The monoisotopic (exact) mass is 230 g/mol. The smallest absolute Gasteiger partial charge is 0.194 e. The van der Waals surface area contributed by atoms with Crippen LogP contribution in [-0.2, 0) is 19.8 Å². The second kappa shape index (κ2) is 3.19. The van der Waals surface area contributed by atoms with Crippen LogP contribution in [0, 0.1) is 6.92 Å². The normalized spacial score (nSPS) is 34.5. The number of hydrogen-bond acceptors (Lipinski definition) is 3. The van der Waals surface area contributed by atoms with Crippen LogP contribution in [0.5, 0.6) is 0 Å². The summed E-state index contributed by atoms with van der Waals surface area (Å²) in [6.07, 6.45) is 3.97. The zero-order chi connectivity index (χ0) is 11.5. The Hall–Kier alpha value is -1.16. The van der Waals surface area contributed by atoms with Crippen molar-refractivity contribution in [3.05, 3.63) is 47.0 Å². The second-order valence-corrected chi connectivity index (χ2v) is 4.80. The Labute approximate surface area is 100.0 Å². The molecule has 0 N–H and O–H groups in total. The zero-order valence-electron chi connectivity index (χ0n) is 9.68. The molecule has 0 aliphatic carbocycles. The Bertz CT molecular complexity index is 502. The molecule has 2 atom stereocenters. The summed E-state index contributed by atoms with van der Waals surface area (Å²) in [5, 5.41) is 0. The third kappa shape index (κ3) is 1.12. The summed E-state index contributed by atoms with van der Waals surface area (Å²) in [5.74, 6) is 0. The minimum atomic E-state index is -0.511. The Balaban J connectivity index is 1.89. The molecule has 0 radical (unpaired) electrons. The van der Waals surface area contributed by atoms with Crippen LogP contribution < -0.4 is 0 Å². The molecular weight excluding hydrogens is 216 g/mol. The van der Waals surface area contributed by atoms with Crippen LogP contribution >= 0.6 is 0 Å². The highest BCUT2D eigenvalue weighted by Crippen LogP contribution is 2.54. The summed E-state index contributed by atoms with van der Waals surface area (Å²) in [7, 11) is 0. The lowest BCUT2D eigenvalue weighted by atomic mass is 9.84. The first-order chi connectivity index (χ1) is 8.31. The van der Waals surface area contributed by atoms with Gasteiger partial charge in [-0.15, -0.1) is 0 Å². The molecule has 0 saturated carbocycles. The van der Waals surface area contributed by atoms with Crippen molar-refractivity contribution in [1.29, 1.82) is 0 Å². The Morgan fingerprint density at radius 3 is 2.88 bits per heavy atom. The predicted octanol–water partition coefficient (Wildman–Crippen LogP) is 2.20. The average molecular weight is 230 g/mol. The van der Waals surface area contributed by atoms with Crippen LogP contribution in [0.25, 0.3) is 0 Å². The van der Waals surface area contributed by atoms with Gasteiger partial charge in [-0.1, -0.05) is 24.3 Å². The molecule has 3 aliphatic rings. The summed E-state index contributed by atoms with van der Waals surface area (Å²) < 4.78 is 17.4. The summed E-state index contributed by atoms with van der Waals surface area (Å²) in [6.45, 7) is 3.42. The Kier molecular flexibility index (Phi) is 1.85. The van der Waals surface area contributed by atoms with Gasteiger partial charge in [0.25, 0.3) is 0 Å². The summed E-state index contributed by atoms with van der Waals surface area (Å²) in [5.41, 5.74) is 3.26. The van der Waals surface area contributed by atoms with Crippen LogP contribution in [0.4, 0.5) is 0 Å². The molecule has 3 heteroatoms. The predicted molar refractivity (Wildman–Crippen MR) is 61.5 cm³/mol. The minimum absolute atomic E-state index is 0.0685. The van der Waals surface area contributed by atoms with Gasteiger partial charge < -0.3 is 14.2 Å². The number of aryl methyl sites for hydroxylation is 1. The summed E-state index contributed by atoms with van der Waals surface area (Å²) >= 11 is 0. The molecule has 0 amide bonds. The van der Waals surface area contributed by atoms with Crippen molar-refractivity contribution in [1.82, 2.24) is 0 Å². The quantitative estimate of drug-likeness (QED) is 0.692. The molecule has 2 unspecified atom stereocenters. The third-order valence-electron chi connectivity index (χ3n) is 3.84. The molecule has 1 aromatic carbocycles. The zero-order valence-corrected chi connectivity index (χ0v) is 9.68. The van der Waals surface area contributed by atoms with E-state index >= 15 is 0 Å². The first-order valence-corrected chi connectivity index (χ1v) is 6.02. The summed E-state index contributed by atoms with van der Waals surface area (Å²) in [6, 6.07) is 6.32. The van der Waals surface area contributed by atoms with E-state index in [1.807, 2.05) is 0 Å². The molecule has 1 fully saturated rings. The van der Waals surface area contributed by atoms with Crippen molar-refractivity contribution in [3.63, 3.8) is 0 Å². The van der Waals surface area contributed by atoms with Crippen molar-refractivity contribution in [2.45, 2.75) is 24.9 Å². The third-order valence-corrected chi connectivity index (χ3v) is 3.84. The molecule has 1 aromatic rings. The molecule has 0 aromatic heterocycles. The molecule has 1 saturated heterocycles. The molecule has 2 bridgehead atoms. The fraction of sp³-hybridized carbons (Fsp3) is 0.429. The first-order valence-electron chi connectivity index (χ1n) is 6.02. The van der Waals surface area contributed by atoms with Gasteiger partial charge in [0, 0.05) is 0 Å². The number of rotatable bonds is 1. The fourth-order valence-electron chi connectivity index (χ4n) is 3.09. The standard InChI is InChI=1S/C14H14O3/c1-9-3-2-4-10-12(9)11-5-6-14(10,17-11)13-15-7-8-16-13/h2-6,11,13H,7-8H2,1H3.